The molecule has 8 heteroatoms. The van der Waals surface area contributed by atoms with Crippen molar-refractivity contribution in [2.75, 3.05) is 7.11 Å². The average molecular weight is 501 g/mol. The fraction of sp³-hybridized carbons (Fsp3) is 0.103. The SMILES string of the molecule is C=C(C)C(=O)Oc1ccc(-c2ccc(OC(=O)c3ccc(OC(=O)C(=C)CC(=O)OC)cc3)cc2)cc1. The van der Waals surface area contributed by atoms with Gasteiger partial charge in [-0.15, -0.1) is 0 Å². The van der Waals surface area contributed by atoms with Gasteiger partial charge < -0.3 is 18.9 Å². The maximum Gasteiger partial charge on any atom is 0.343 e. The van der Waals surface area contributed by atoms with Crippen molar-refractivity contribution < 1.29 is 38.1 Å². The number of carbonyl (C=O) groups is 4. The molecule has 0 bridgehead atoms. The van der Waals surface area contributed by atoms with Crippen LogP contribution in [0.4, 0.5) is 0 Å². The first kappa shape index (κ1) is 26.6. The fourth-order valence-electron chi connectivity index (χ4n) is 2.95. The van der Waals surface area contributed by atoms with Crippen LogP contribution in [0, 0.1) is 0 Å². The third-order valence-electron chi connectivity index (χ3n) is 4.99. The number of benzene rings is 3. The molecule has 0 amide bonds. The number of rotatable bonds is 9. The molecule has 0 radical (unpaired) electrons. The van der Waals surface area contributed by atoms with Crippen molar-refractivity contribution >= 4 is 23.9 Å². The Bertz CT molecular complexity index is 1330. The highest BCUT2D eigenvalue weighted by molar-refractivity contribution is 5.95. The molecule has 0 fully saturated rings. The van der Waals surface area contributed by atoms with Gasteiger partial charge in [0.25, 0.3) is 0 Å². The lowest BCUT2D eigenvalue weighted by atomic mass is 10.1. The topological polar surface area (TPSA) is 105 Å². The lowest BCUT2D eigenvalue weighted by Gasteiger charge is -2.08. The standard InChI is InChI=1S/C29H24O8/c1-18(2)27(31)35-23-11-5-20(6-12-23)21-7-13-25(14-8-21)37-29(33)22-9-15-24(16-10-22)36-28(32)19(3)17-26(30)34-4/h5-16H,1,3,17H2,2,4H3. The summed E-state index contributed by atoms with van der Waals surface area (Å²) >= 11 is 0. The maximum absolute atomic E-state index is 12.5. The van der Waals surface area contributed by atoms with Crippen LogP contribution >= 0.6 is 0 Å². The van der Waals surface area contributed by atoms with Crippen LogP contribution in [0.15, 0.2) is 97.1 Å². The van der Waals surface area contributed by atoms with Crippen molar-refractivity contribution in [3.63, 3.8) is 0 Å². The lowest BCUT2D eigenvalue weighted by molar-refractivity contribution is -0.141. The molecule has 0 aromatic heterocycles. The zero-order chi connectivity index (χ0) is 26.9. The molecule has 0 saturated heterocycles. The van der Waals surface area contributed by atoms with E-state index < -0.39 is 23.9 Å². The summed E-state index contributed by atoms with van der Waals surface area (Å²) in [7, 11) is 1.21. The quantitative estimate of drug-likeness (QED) is 0.228. The van der Waals surface area contributed by atoms with E-state index in [1.54, 1.807) is 55.5 Å². The minimum atomic E-state index is -0.775. The monoisotopic (exact) mass is 500 g/mol. The molecule has 0 heterocycles. The Morgan fingerprint density at radius 3 is 1.54 bits per heavy atom. The second kappa shape index (κ2) is 12.1. The van der Waals surface area contributed by atoms with Crippen molar-refractivity contribution in [1.29, 1.82) is 0 Å². The highest BCUT2D eigenvalue weighted by Crippen LogP contribution is 2.25. The molecule has 3 aromatic rings. The van der Waals surface area contributed by atoms with Crippen LogP contribution in [0.2, 0.25) is 0 Å². The Kier molecular flexibility index (Phi) is 8.72. The van der Waals surface area contributed by atoms with Gasteiger partial charge in [-0.1, -0.05) is 37.4 Å². The number of hydrogen-bond donors (Lipinski definition) is 0. The summed E-state index contributed by atoms with van der Waals surface area (Å²) in [5.74, 6) is -1.53. The first-order valence-electron chi connectivity index (χ1n) is 11.0. The predicted octanol–water partition coefficient (Wildman–Crippen LogP) is 5.08. The minimum Gasteiger partial charge on any atom is -0.469 e. The van der Waals surface area contributed by atoms with E-state index in [1.165, 1.54) is 31.4 Å². The van der Waals surface area contributed by atoms with E-state index in [1.807, 2.05) is 0 Å². The predicted molar refractivity (Wildman–Crippen MR) is 135 cm³/mol. The van der Waals surface area contributed by atoms with E-state index >= 15 is 0 Å². The molecule has 0 N–H and O–H groups in total. The maximum atomic E-state index is 12.5. The van der Waals surface area contributed by atoms with Crippen molar-refractivity contribution in [2.24, 2.45) is 0 Å². The van der Waals surface area contributed by atoms with E-state index in [0.29, 0.717) is 17.1 Å². The van der Waals surface area contributed by atoms with E-state index in [4.69, 9.17) is 14.2 Å². The molecule has 8 nitrogen and oxygen atoms in total. The first-order valence-corrected chi connectivity index (χ1v) is 11.0. The second-order valence-electron chi connectivity index (χ2n) is 7.88. The van der Waals surface area contributed by atoms with Gasteiger partial charge in [0.15, 0.2) is 0 Å². The van der Waals surface area contributed by atoms with Crippen LogP contribution < -0.4 is 14.2 Å². The normalized spacial score (nSPS) is 10.1. The van der Waals surface area contributed by atoms with Crippen molar-refractivity contribution in [3.05, 3.63) is 103 Å². The van der Waals surface area contributed by atoms with Gasteiger partial charge >= 0.3 is 23.9 Å². The van der Waals surface area contributed by atoms with Crippen LogP contribution in [0.3, 0.4) is 0 Å². The van der Waals surface area contributed by atoms with Gasteiger partial charge in [-0.3, -0.25) is 4.79 Å². The third-order valence-corrected chi connectivity index (χ3v) is 4.99. The van der Waals surface area contributed by atoms with Gasteiger partial charge in [0, 0.05) is 11.1 Å². The molecule has 0 saturated carbocycles. The molecule has 3 aromatic carbocycles. The Balaban J connectivity index is 1.57. The summed E-state index contributed by atoms with van der Waals surface area (Å²) < 4.78 is 20.2. The largest absolute Gasteiger partial charge is 0.469 e. The Morgan fingerprint density at radius 2 is 1.08 bits per heavy atom. The van der Waals surface area contributed by atoms with Crippen LogP contribution in [0.1, 0.15) is 23.7 Å². The molecule has 0 aliphatic rings. The zero-order valence-corrected chi connectivity index (χ0v) is 20.3. The van der Waals surface area contributed by atoms with Gasteiger partial charge in [0.2, 0.25) is 0 Å². The Hall–Kier alpha value is -4.98. The molecule has 3 rings (SSSR count). The number of esters is 4. The summed E-state index contributed by atoms with van der Waals surface area (Å²) in [5.41, 5.74) is 2.26. The van der Waals surface area contributed by atoms with Crippen LogP contribution in [0.25, 0.3) is 11.1 Å². The summed E-state index contributed by atoms with van der Waals surface area (Å²) in [6.07, 6.45) is -0.283. The van der Waals surface area contributed by atoms with Crippen LogP contribution in [-0.2, 0) is 19.1 Å². The van der Waals surface area contributed by atoms with Gasteiger partial charge in [0.1, 0.15) is 17.2 Å². The van der Waals surface area contributed by atoms with E-state index in [2.05, 4.69) is 17.9 Å². The zero-order valence-electron chi connectivity index (χ0n) is 20.3. The second-order valence-corrected chi connectivity index (χ2v) is 7.88. The highest BCUT2D eigenvalue weighted by Gasteiger charge is 2.15. The molecule has 0 atom stereocenters. The van der Waals surface area contributed by atoms with Gasteiger partial charge in [0.05, 0.1) is 19.1 Å². The average Bonchev–Trinajstić information content (AvgIpc) is 2.89. The molecular formula is C29H24O8. The van der Waals surface area contributed by atoms with Gasteiger partial charge in [-0.05, 0) is 66.6 Å². The molecule has 188 valence electrons. The Labute approximate surface area is 213 Å². The molecule has 0 spiro atoms. The third kappa shape index (κ3) is 7.50. The van der Waals surface area contributed by atoms with E-state index in [0.717, 1.165) is 11.1 Å². The number of hydrogen-bond acceptors (Lipinski definition) is 8. The van der Waals surface area contributed by atoms with Crippen molar-refractivity contribution in [2.45, 2.75) is 13.3 Å². The molecule has 0 aliphatic heterocycles. The van der Waals surface area contributed by atoms with Crippen molar-refractivity contribution in [1.82, 2.24) is 0 Å². The first-order chi connectivity index (χ1) is 17.7. The summed E-state index contributed by atoms with van der Waals surface area (Å²) in [5, 5.41) is 0. The van der Waals surface area contributed by atoms with Gasteiger partial charge in [-0.25, -0.2) is 14.4 Å². The van der Waals surface area contributed by atoms with Crippen molar-refractivity contribution in [3.8, 4) is 28.4 Å². The fourth-order valence-corrected chi connectivity index (χ4v) is 2.95. The summed E-state index contributed by atoms with van der Waals surface area (Å²) in [4.78, 5) is 47.4. The minimum absolute atomic E-state index is 0.0547. The highest BCUT2D eigenvalue weighted by atomic mass is 16.5. The van der Waals surface area contributed by atoms with Crippen LogP contribution in [0.5, 0.6) is 17.2 Å². The van der Waals surface area contributed by atoms with E-state index in [-0.39, 0.29) is 23.3 Å². The molecular weight excluding hydrogens is 476 g/mol. The lowest BCUT2D eigenvalue weighted by Crippen LogP contribution is -2.14. The Morgan fingerprint density at radius 1 is 0.649 bits per heavy atom. The van der Waals surface area contributed by atoms with Gasteiger partial charge in [-0.2, -0.15) is 0 Å². The molecule has 37 heavy (non-hydrogen) atoms. The summed E-state index contributed by atoms with van der Waals surface area (Å²) in [6, 6.07) is 19.6. The molecule has 0 aliphatic carbocycles. The van der Waals surface area contributed by atoms with Crippen LogP contribution in [-0.4, -0.2) is 31.0 Å². The number of carbonyl (C=O) groups excluding carboxylic acids is 4. The summed E-state index contributed by atoms with van der Waals surface area (Å²) in [6.45, 7) is 8.63. The number of ether oxygens (including phenoxy) is 4. The molecule has 0 unspecified atom stereocenters. The smallest absolute Gasteiger partial charge is 0.343 e. The van der Waals surface area contributed by atoms with E-state index in [9.17, 15) is 19.2 Å². The number of methoxy groups -OCH3 is 1.